The number of anilines is 2. The number of para-hydroxylation sites is 2. The van der Waals surface area contributed by atoms with Gasteiger partial charge in [0.25, 0.3) is 5.91 Å². The number of hydrogen-bond donors (Lipinski definition) is 1. The van der Waals surface area contributed by atoms with E-state index in [4.69, 9.17) is 4.98 Å². The van der Waals surface area contributed by atoms with E-state index in [-0.39, 0.29) is 11.8 Å². The Balaban J connectivity index is 1.38. The Kier molecular flexibility index (Phi) is 5.22. The number of fused-ring (bicyclic) bond motifs is 1. The molecule has 0 radical (unpaired) electrons. The van der Waals surface area contributed by atoms with E-state index in [1.165, 1.54) is 0 Å². The number of amides is 2. The first kappa shape index (κ1) is 19.5. The number of benzene rings is 3. The van der Waals surface area contributed by atoms with Crippen molar-refractivity contribution in [2.45, 2.75) is 19.3 Å². The summed E-state index contributed by atoms with van der Waals surface area (Å²) in [5.74, 6) is -0.0432. The molecule has 1 fully saturated rings. The van der Waals surface area contributed by atoms with Crippen LogP contribution in [0.5, 0.6) is 0 Å². The second-order valence-electron chi connectivity index (χ2n) is 7.54. The molecule has 1 aliphatic rings. The average Bonchev–Trinajstić information content (AvgIpc) is 3.24. The minimum Gasteiger partial charge on any atom is -0.321 e. The highest BCUT2D eigenvalue weighted by Gasteiger charge is 2.20. The number of carbonyl (C=O) groups excluding carboxylic acids is 2. The third kappa shape index (κ3) is 3.94. The summed E-state index contributed by atoms with van der Waals surface area (Å²) < 4.78 is 1.11. The third-order valence-corrected chi connectivity index (χ3v) is 6.53. The van der Waals surface area contributed by atoms with Crippen LogP contribution in [0.15, 0.2) is 72.8 Å². The van der Waals surface area contributed by atoms with Crippen molar-refractivity contribution < 1.29 is 9.59 Å². The molecule has 0 bridgehead atoms. The molecule has 2 heterocycles. The van der Waals surface area contributed by atoms with Gasteiger partial charge in [0.05, 0.1) is 15.9 Å². The van der Waals surface area contributed by atoms with Crippen molar-refractivity contribution >= 4 is 44.7 Å². The van der Waals surface area contributed by atoms with E-state index < -0.39 is 0 Å². The summed E-state index contributed by atoms with van der Waals surface area (Å²) in [7, 11) is 0. The van der Waals surface area contributed by atoms with Crippen LogP contribution < -0.4 is 10.2 Å². The van der Waals surface area contributed by atoms with Gasteiger partial charge < -0.3 is 10.2 Å². The van der Waals surface area contributed by atoms with Crippen molar-refractivity contribution in [3.8, 4) is 10.6 Å². The molecule has 0 saturated carbocycles. The predicted molar refractivity (Wildman–Crippen MR) is 126 cm³/mol. The minimum atomic E-state index is -0.190. The Bertz CT molecular complexity index is 1230. The zero-order valence-electron chi connectivity index (χ0n) is 16.9. The molecular formula is C25H21N3O2S. The summed E-state index contributed by atoms with van der Waals surface area (Å²) in [6.07, 6.45) is 2.55. The van der Waals surface area contributed by atoms with Crippen LogP contribution >= 0.6 is 11.3 Å². The van der Waals surface area contributed by atoms with Crippen molar-refractivity contribution in [1.29, 1.82) is 0 Å². The molecule has 1 N–H and O–H groups in total. The maximum Gasteiger partial charge on any atom is 0.255 e. The number of carbonyl (C=O) groups is 2. The number of hydrogen-bond acceptors (Lipinski definition) is 4. The van der Waals surface area contributed by atoms with Gasteiger partial charge in [-0.25, -0.2) is 4.98 Å². The fourth-order valence-electron chi connectivity index (χ4n) is 3.83. The zero-order valence-corrected chi connectivity index (χ0v) is 17.7. The van der Waals surface area contributed by atoms with E-state index in [2.05, 4.69) is 5.32 Å². The van der Waals surface area contributed by atoms with Crippen LogP contribution in [0.1, 0.15) is 29.6 Å². The van der Waals surface area contributed by atoms with Crippen LogP contribution in [-0.4, -0.2) is 23.3 Å². The van der Waals surface area contributed by atoms with Crippen LogP contribution in [0, 0.1) is 0 Å². The molecule has 1 aliphatic heterocycles. The molecule has 0 aliphatic carbocycles. The second kappa shape index (κ2) is 8.32. The van der Waals surface area contributed by atoms with E-state index >= 15 is 0 Å². The molecule has 1 saturated heterocycles. The molecule has 0 spiro atoms. The first-order valence-corrected chi connectivity index (χ1v) is 11.2. The minimum absolute atomic E-state index is 0.146. The topological polar surface area (TPSA) is 62.3 Å². The number of nitrogens with one attached hydrogen (secondary N) is 1. The summed E-state index contributed by atoms with van der Waals surface area (Å²) in [5.41, 5.74) is 3.96. The SMILES string of the molecule is O=C(Nc1ccccc1-c1nc2ccccc2s1)c1ccc(N2CCCCC2=O)cc1. The molecule has 154 valence electrons. The number of nitrogens with zero attached hydrogens (tertiary/aromatic N) is 2. The maximum absolute atomic E-state index is 12.9. The summed E-state index contributed by atoms with van der Waals surface area (Å²) in [6.45, 7) is 0.736. The highest BCUT2D eigenvalue weighted by molar-refractivity contribution is 7.21. The molecular weight excluding hydrogens is 406 g/mol. The number of rotatable bonds is 4. The number of aromatic nitrogens is 1. The molecule has 6 heteroatoms. The van der Waals surface area contributed by atoms with Crippen LogP contribution in [0.25, 0.3) is 20.8 Å². The smallest absolute Gasteiger partial charge is 0.255 e. The van der Waals surface area contributed by atoms with Crippen molar-refractivity contribution in [3.63, 3.8) is 0 Å². The highest BCUT2D eigenvalue weighted by atomic mass is 32.1. The van der Waals surface area contributed by atoms with Crippen LogP contribution in [-0.2, 0) is 4.79 Å². The van der Waals surface area contributed by atoms with Gasteiger partial charge in [-0.2, -0.15) is 0 Å². The van der Waals surface area contributed by atoms with Crippen molar-refractivity contribution in [2.75, 3.05) is 16.8 Å². The van der Waals surface area contributed by atoms with Crippen molar-refractivity contribution in [3.05, 3.63) is 78.4 Å². The second-order valence-corrected chi connectivity index (χ2v) is 8.57. The van der Waals surface area contributed by atoms with Gasteiger partial charge in [0.2, 0.25) is 5.91 Å². The Morgan fingerprint density at radius 2 is 1.71 bits per heavy atom. The molecule has 0 unspecified atom stereocenters. The van der Waals surface area contributed by atoms with Crippen LogP contribution in [0.3, 0.4) is 0 Å². The first-order chi connectivity index (χ1) is 15.2. The quantitative estimate of drug-likeness (QED) is 0.452. The van der Waals surface area contributed by atoms with E-state index in [0.717, 1.165) is 51.5 Å². The fraction of sp³-hybridized carbons (Fsp3) is 0.160. The molecule has 1 aromatic heterocycles. The van der Waals surface area contributed by atoms with E-state index in [1.807, 2.05) is 60.7 Å². The molecule has 3 aromatic carbocycles. The van der Waals surface area contributed by atoms with Crippen LogP contribution in [0.4, 0.5) is 11.4 Å². The monoisotopic (exact) mass is 427 g/mol. The van der Waals surface area contributed by atoms with Gasteiger partial charge in [-0.3, -0.25) is 9.59 Å². The molecule has 4 aromatic rings. The normalized spacial score (nSPS) is 14.1. The molecule has 5 nitrogen and oxygen atoms in total. The zero-order chi connectivity index (χ0) is 21.2. The standard InChI is InChI=1S/C25H21N3O2S/c29-23-11-5-6-16-28(23)18-14-12-17(13-15-18)24(30)26-20-8-2-1-7-19(20)25-27-21-9-3-4-10-22(21)31-25/h1-4,7-10,12-15H,5-6,11,16H2,(H,26,30). The van der Waals surface area contributed by atoms with E-state index in [0.29, 0.717) is 12.0 Å². The Morgan fingerprint density at radius 3 is 2.52 bits per heavy atom. The lowest BCUT2D eigenvalue weighted by atomic mass is 10.1. The lowest BCUT2D eigenvalue weighted by Gasteiger charge is -2.26. The summed E-state index contributed by atoms with van der Waals surface area (Å²) in [4.78, 5) is 31.6. The lowest BCUT2D eigenvalue weighted by Crippen LogP contribution is -2.35. The van der Waals surface area contributed by atoms with Gasteiger partial charge in [0, 0.05) is 29.8 Å². The van der Waals surface area contributed by atoms with Gasteiger partial charge in [0.1, 0.15) is 5.01 Å². The van der Waals surface area contributed by atoms with Gasteiger partial charge >= 0.3 is 0 Å². The van der Waals surface area contributed by atoms with E-state index in [9.17, 15) is 9.59 Å². The molecule has 31 heavy (non-hydrogen) atoms. The van der Waals surface area contributed by atoms with E-state index in [1.54, 1.807) is 28.4 Å². The molecule has 5 rings (SSSR count). The summed E-state index contributed by atoms with van der Waals surface area (Å²) >= 11 is 1.61. The first-order valence-electron chi connectivity index (χ1n) is 10.4. The van der Waals surface area contributed by atoms with Gasteiger partial charge in [-0.05, 0) is 61.4 Å². The molecule has 0 atom stereocenters. The highest BCUT2D eigenvalue weighted by Crippen LogP contribution is 2.34. The Morgan fingerprint density at radius 1 is 0.935 bits per heavy atom. The summed E-state index contributed by atoms with van der Waals surface area (Å²) in [5, 5.41) is 3.90. The maximum atomic E-state index is 12.9. The Hall–Kier alpha value is -3.51. The number of piperidine rings is 1. The number of thiazole rings is 1. The largest absolute Gasteiger partial charge is 0.321 e. The van der Waals surface area contributed by atoms with Gasteiger partial charge in [-0.15, -0.1) is 11.3 Å². The Labute approximate surface area is 184 Å². The van der Waals surface area contributed by atoms with Gasteiger partial charge in [-0.1, -0.05) is 24.3 Å². The van der Waals surface area contributed by atoms with Crippen molar-refractivity contribution in [2.24, 2.45) is 0 Å². The summed E-state index contributed by atoms with van der Waals surface area (Å²) in [6, 6.07) is 22.9. The van der Waals surface area contributed by atoms with Gasteiger partial charge in [0.15, 0.2) is 0 Å². The molecule has 2 amide bonds. The van der Waals surface area contributed by atoms with Crippen LogP contribution in [0.2, 0.25) is 0 Å². The predicted octanol–water partition coefficient (Wildman–Crippen LogP) is 5.73. The third-order valence-electron chi connectivity index (χ3n) is 5.46. The fourth-order valence-corrected chi connectivity index (χ4v) is 4.84. The van der Waals surface area contributed by atoms with Crippen molar-refractivity contribution in [1.82, 2.24) is 4.98 Å². The lowest BCUT2D eigenvalue weighted by molar-refractivity contribution is -0.119. The average molecular weight is 428 g/mol.